The molecule has 0 heterocycles. The van der Waals surface area contributed by atoms with E-state index in [-0.39, 0.29) is 18.0 Å². The molecule has 2 aromatic rings. The lowest BCUT2D eigenvalue weighted by molar-refractivity contribution is 0.104. The number of hydrogen-bond donors (Lipinski definition) is 0. The summed E-state index contributed by atoms with van der Waals surface area (Å²) in [6.07, 6.45) is 2.96. The summed E-state index contributed by atoms with van der Waals surface area (Å²) in [5.74, 6) is 0.154. The van der Waals surface area contributed by atoms with Gasteiger partial charge in [-0.2, -0.15) is 5.26 Å². The van der Waals surface area contributed by atoms with Crippen molar-refractivity contribution in [3.05, 3.63) is 65.5 Å². The fraction of sp³-hybridized carbons (Fsp3) is 0.111. The Labute approximate surface area is 133 Å². The van der Waals surface area contributed by atoms with Crippen molar-refractivity contribution in [1.82, 2.24) is 0 Å². The summed E-state index contributed by atoms with van der Waals surface area (Å²) < 4.78 is 23.5. The number of ketones is 1. The van der Waals surface area contributed by atoms with Gasteiger partial charge in [-0.3, -0.25) is 4.79 Å². The van der Waals surface area contributed by atoms with Gasteiger partial charge in [0.05, 0.1) is 7.11 Å². The highest BCUT2D eigenvalue weighted by atomic mass is 19.1. The molecule has 5 heteroatoms. The molecule has 0 N–H and O–H groups in total. The Morgan fingerprint density at radius 2 is 2.09 bits per heavy atom. The van der Waals surface area contributed by atoms with Gasteiger partial charge in [-0.05, 0) is 35.9 Å². The van der Waals surface area contributed by atoms with E-state index in [0.29, 0.717) is 11.5 Å². The third-order valence-electron chi connectivity index (χ3n) is 3.02. The van der Waals surface area contributed by atoms with Crippen LogP contribution in [0.4, 0.5) is 4.39 Å². The molecule has 116 valence electrons. The van der Waals surface area contributed by atoms with Crippen LogP contribution >= 0.6 is 0 Å². The van der Waals surface area contributed by atoms with Crippen LogP contribution in [0.25, 0.3) is 6.08 Å². The lowest BCUT2D eigenvalue weighted by Gasteiger charge is -2.08. The zero-order chi connectivity index (χ0) is 16.7. The quantitative estimate of drug-likeness (QED) is 0.604. The van der Waals surface area contributed by atoms with Gasteiger partial charge < -0.3 is 9.47 Å². The molecular formula is C18H14FNO3. The third-order valence-corrected chi connectivity index (χ3v) is 3.02. The van der Waals surface area contributed by atoms with Crippen LogP contribution in [0.3, 0.4) is 0 Å². The largest absolute Gasteiger partial charge is 0.493 e. The first-order chi connectivity index (χ1) is 11.1. The van der Waals surface area contributed by atoms with E-state index in [9.17, 15) is 9.18 Å². The summed E-state index contributed by atoms with van der Waals surface area (Å²) in [6, 6.07) is 12.4. The maximum atomic E-state index is 13.1. The zero-order valence-corrected chi connectivity index (χ0v) is 12.5. The van der Waals surface area contributed by atoms with Gasteiger partial charge in [0, 0.05) is 5.56 Å². The minimum Gasteiger partial charge on any atom is -0.493 e. The van der Waals surface area contributed by atoms with Crippen molar-refractivity contribution in [2.24, 2.45) is 0 Å². The second-order valence-corrected chi connectivity index (χ2v) is 4.57. The summed E-state index contributed by atoms with van der Waals surface area (Å²) in [5, 5.41) is 8.53. The molecule has 23 heavy (non-hydrogen) atoms. The molecule has 0 aromatic heterocycles. The van der Waals surface area contributed by atoms with Crippen molar-refractivity contribution >= 4 is 11.9 Å². The fourth-order valence-electron chi connectivity index (χ4n) is 1.93. The maximum Gasteiger partial charge on any atom is 0.185 e. The number of methoxy groups -OCH3 is 1. The van der Waals surface area contributed by atoms with Crippen molar-refractivity contribution in [3.63, 3.8) is 0 Å². The third kappa shape index (κ3) is 4.42. The predicted molar refractivity (Wildman–Crippen MR) is 83.9 cm³/mol. The van der Waals surface area contributed by atoms with Crippen LogP contribution in [-0.4, -0.2) is 19.5 Å². The number of benzene rings is 2. The molecule has 0 unspecified atom stereocenters. The summed E-state index contributed by atoms with van der Waals surface area (Å²) in [7, 11) is 1.49. The normalized spacial score (nSPS) is 10.3. The molecule has 0 aliphatic heterocycles. The number of rotatable bonds is 6. The summed E-state index contributed by atoms with van der Waals surface area (Å²) in [4.78, 5) is 12.0. The summed E-state index contributed by atoms with van der Waals surface area (Å²) in [5.41, 5.74) is 0.998. The number of nitriles is 1. The molecule has 0 saturated carbocycles. The molecule has 4 nitrogen and oxygen atoms in total. The second kappa shape index (κ2) is 7.76. The first kappa shape index (κ1) is 16.2. The maximum absolute atomic E-state index is 13.1. The minimum absolute atomic E-state index is 0.0798. The molecule has 0 radical (unpaired) electrons. The number of halogens is 1. The van der Waals surface area contributed by atoms with E-state index in [4.69, 9.17) is 14.7 Å². The Morgan fingerprint density at radius 1 is 1.26 bits per heavy atom. The van der Waals surface area contributed by atoms with Gasteiger partial charge in [0.1, 0.15) is 11.9 Å². The van der Waals surface area contributed by atoms with Crippen molar-refractivity contribution in [3.8, 4) is 17.6 Å². The van der Waals surface area contributed by atoms with Gasteiger partial charge in [-0.15, -0.1) is 0 Å². The van der Waals surface area contributed by atoms with Crippen molar-refractivity contribution < 1.29 is 18.7 Å². The Morgan fingerprint density at radius 3 is 2.78 bits per heavy atom. The molecule has 0 aliphatic carbocycles. The van der Waals surface area contributed by atoms with Gasteiger partial charge >= 0.3 is 0 Å². The van der Waals surface area contributed by atoms with E-state index in [0.717, 1.165) is 5.56 Å². The van der Waals surface area contributed by atoms with Crippen LogP contribution in [0.1, 0.15) is 15.9 Å². The van der Waals surface area contributed by atoms with Gasteiger partial charge in [0.15, 0.2) is 23.9 Å². The molecule has 2 aromatic carbocycles. The van der Waals surface area contributed by atoms with Crippen LogP contribution < -0.4 is 9.47 Å². The van der Waals surface area contributed by atoms with E-state index in [1.807, 2.05) is 6.07 Å². The average molecular weight is 311 g/mol. The number of allylic oxidation sites excluding steroid dienone is 1. The topological polar surface area (TPSA) is 59.3 Å². The van der Waals surface area contributed by atoms with Crippen LogP contribution in [0.2, 0.25) is 0 Å². The molecule has 0 saturated heterocycles. The Hall–Kier alpha value is -3.13. The Kier molecular flexibility index (Phi) is 5.48. The van der Waals surface area contributed by atoms with Crippen LogP contribution in [-0.2, 0) is 0 Å². The van der Waals surface area contributed by atoms with Crippen molar-refractivity contribution in [2.45, 2.75) is 0 Å². The number of hydrogen-bond acceptors (Lipinski definition) is 4. The Bertz CT molecular complexity index is 778. The highest BCUT2D eigenvalue weighted by molar-refractivity contribution is 6.06. The molecular weight excluding hydrogens is 297 g/mol. The smallest absolute Gasteiger partial charge is 0.185 e. The van der Waals surface area contributed by atoms with Crippen LogP contribution in [0.15, 0.2) is 48.5 Å². The first-order valence-corrected chi connectivity index (χ1v) is 6.80. The zero-order valence-electron chi connectivity index (χ0n) is 12.5. The van der Waals surface area contributed by atoms with Crippen molar-refractivity contribution in [2.75, 3.05) is 13.7 Å². The highest BCUT2D eigenvalue weighted by Crippen LogP contribution is 2.28. The average Bonchev–Trinajstić information content (AvgIpc) is 2.58. The van der Waals surface area contributed by atoms with Gasteiger partial charge in [-0.1, -0.05) is 24.3 Å². The monoisotopic (exact) mass is 311 g/mol. The number of nitrogens with zero attached hydrogens (tertiary/aromatic N) is 1. The highest BCUT2D eigenvalue weighted by Gasteiger charge is 2.06. The Balaban J connectivity index is 2.16. The summed E-state index contributed by atoms with van der Waals surface area (Å²) in [6.45, 7) is -0.0798. The molecule has 0 spiro atoms. The van der Waals surface area contributed by atoms with Crippen LogP contribution in [0, 0.1) is 17.1 Å². The lowest BCUT2D eigenvalue weighted by Crippen LogP contribution is -1.97. The first-order valence-electron chi connectivity index (χ1n) is 6.80. The van der Waals surface area contributed by atoms with Gasteiger partial charge in [-0.25, -0.2) is 4.39 Å². The number of carbonyl (C=O) groups excluding carboxylic acids is 1. The minimum atomic E-state index is -0.454. The molecule has 0 amide bonds. The number of carbonyl (C=O) groups is 1. The summed E-state index contributed by atoms with van der Waals surface area (Å²) >= 11 is 0. The standard InChI is InChI=1S/C18H14FNO3/c1-22-18-11-13(6-8-17(18)23-10-9-20)5-7-16(21)14-3-2-4-15(19)12-14/h2-8,11-12H,10H2,1H3/b7-5+. The molecule has 0 aliphatic rings. The molecule has 0 fully saturated rings. The SMILES string of the molecule is COc1cc(/C=C/C(=O)c2cccc(F)c2)ccc1OCC#N. The van der Waals surface area contributed by atoms with E-state index in [1.165, 1.54) is 31.4 Å². The molecule has 0 atom stereocenters. The lowest BCUT2D eigenvalue weighted by atomic mass is 10.1. The second-order valence-electron chi connectivity index (χ2n) is 4.57. The van der Waals surface area contributed by atoms with E-state index in [2.05, 4.69) is 0 Å². The van der Waals surface area contributed by atoms with E-state index < -0.39 is 5.82 Å². The molecule has 0 bridgehead atoms. The van der Waals surface area contributed by atoms with Gasteiger partial charge in [0.2, 0.25) is 0 Å². The van der Waals surface area contributed by atoms with E-state index in [1.54, 1.807) is 30.3 Å². The van der Waals surface area contributed by atoms with Gasteiger partial charge in [0.25, 0.3) is 0 Å². The van der Waals surface area contributed by atoms with Crippen LogP contribution in [0.5, 0.6) is 11.5 Å². The van der Waals surface area contributed by atoms with E-state index >= 15 is 0 Å². The van der Waals surface area contributed by atoms with Crippen molar-refractivity contribution in [1.29, 1.82) is 5.26 Å². The molecule has 2 rings (SSSR count). The number of ether oxygens (including phenoxy) is 2. The predicted octanol–water partition coefficient (Wildman–Crippen LogP) is 3.63. The fourth-order valence-corrected chi connectivity index (χ4v) is 1.93.